The van der Waals surface area contributed by atoms with Crippen LogP contribution in [0.15, 0.2) is 30.7 Å². The number of carbonyl (C=O) groups is 1. The standard InChI is InChI=1S/C18H21F2N3O/c1-12(2)23-10-17(21-11-23)18(24)22-7-5-13(6-8-22)14-3-4-15(19)16(20)9-14/h3-4,9-13H,5-8H2,1-2H3. The van der Waals surface area contributed by atoms with Crippen LogP contribution in [-0.2, 0) is 0 Å². The van der Waals surface area contributed by atoms with Crippen molar-refractivity contribution in [3.8, 4) is 0 Å². The third-order valence-corrected chi connectivity index (χ3v) is 4.61. The molecule has 1 aromatic heterocycles. The minimum Gasteiger partial charge on any atom is -0.337 e. The van der Waals surface area contributed by atoms with Crippen LogP contribution in [0.3, 0.4) is 0 Å². The third kappa shape index (κ3) is 3.32. The quantitative estimate of drug-likeness (QED) is 0.858. The summed E-state index contributed by atoms with van der Waals surface area (Å²) in [4.78, 5) is 18.5. The predicted octanol–water partition coefficient (Wildman–Crippen LogP) is 3.76. The van der Waals surface area contributed by atoms with E-state index in [4.69, 9.17) is 0 Å². The number of imidazole rings is 1. The Balaban J connectivity index is 1.63. The van der Waals surface area contributed by atoms with Gasteiger partial charge in [-0.25, -0.2) is 13.8 Å². The molecule has 0 aliphatic carbocycles. The number of carbonyl (C=O) groups excluding carboxylic acids is 1. The Labute approximate surface area is 140 Å². The SMILES string of the molecule is CC(C)n1cnc(C(=O)N2CCC(c3ccc(F)c(F)c3)CC2)c1. The Hall–Kier alpha value is -2.24. The van der Waals surface area contributed by atoms with Crippen molar-refractivity contribution in [1.29, 1.82) is 0 Å². The number of amides is 1. The van der Waals surface area contributed by atoms with Crippen molar-refractivity contribution in [2.75, 3.05) is 13.1 Å². The van der Waals surface area contributed by atoms with Crippen molar-refractivity contribution in [1.82, 2.24) is 14.5 Å². The molecule has 24 heavy (non-hydrogen) atoms. The number of benzene rings is 1. The van der Waals surface area contributed by atoms with E-state index in [0.717, 1.165) is 18.4 Å². The van der Waals surface area contributed by atoms with Crippen molar-refractivity contribution in [3.05, 3.63) is 53.6 Å². The van der Waals surface area contributed by atoms with Gasteiger partial charge in [0.2, 0.25) is 0 Å². The molecule has 0 spiro atoms. The monoisotopic (exact) mass is 333 g/mol. The topological polar surface area (TPSA) is 38.1 Å². The molecule has 1 fully saturated rings. The molecule has 0 atom stereocenters. The summed E-state index contributed by atoms with van der Waals surface area (Å²) < 4.78 is 28.3. The maximum atomic E-state index is 13.4. The molecule has 1 saturated heterocycles. The molecule has 1 aliphatic heterocycles. The van der Waals surface area contributed by atoms with Gasteiger partial charge >= 0.3 is 0 Å². The van der Waals surface area contributed by atoms with Gasteiger partial charge in [0.05, 0.1) is 6.33 Å². The van der Waals surface area contributed by atoms with Crippen LogP contribution >= 0.6 is 0 Å². The summed E-state index contributed by atoms with van der Waals surface area (Å²) in [5.41, 5.74) is 1.25. The van der Waals surface area contributed by atoms with Gasteiger partial charge in [0.25, 0.3) is 5.91 Å². The molecule has 0 saturated carbocycles. The molecule has 0 bridgehead atoms. The summed E-state index contributed by atoms with van der Waals surface area (Å²) >= 11 is 0. The molecule has 1 aromatic carbocycles. The lowest BCUT2D eigenvalue weighted by Gasteiger charge is -2.31. The van der Waals surface area contributed by atoms with Gasteiger partial charge in [-0.15, -0.1) is 0 Å². The average Bonchev–Trinajstić information content (AvgIpc) is 3.07. The summed E-state index contributed by atoms with van der Waals surface area (Å²) in [5.74, 6) is -1.56. The van der Waals surface area contributed by atoms with Crippen molar-refractivity contribution in [2.24, 2.45) is 0 Å². The Bertz CT molecular complexity index is 734. The van der Waals surface area contributed by atoms with Crippen LogP contribution in [0.5, 0.6) is 0 Å². The van der Waals surface area contributed by atoms with Crippen molar-refractivity contribution in [3.63, 3.8) is 0 Å². The second-order valence-corrected chi connectivity index (χ2v) is 6.54. The molecule has 4 nitrogen and oxygen atoms in total. The zero-order valence-corrected chi connectivity index (χ0v) is 13.9. The van der Waals surface area contributed by atoms with Gasteiger partial charge in [-0.1, -0.05) is 6.07 Å². The van der Waals surface area contributed by atoms with Gasteiger partial charge < -0.3 is 9.47 Å². The lowest BCUT2D eigenvalue weighted by molar-refractivity contribution is 0.0707. The highest BCUT2D eigenvalue weighted by atomic mass is 19.2. The van der Waals surface area contributed by atoms with E-state index in [1.54, 1.807) is 23.5 Å². The molecule has 2 aromatic rings. The van der Waals surface area contributed by atoms with Gasteiger partial charge in [-0.2, -0.15) is 0 Å². The number of likely N-dealkylation sites (tertiary alicyclic amines) is 1. The molecular weight excluding hydrogens is 312 g/mol. The highest BCUT2D eigenvalue weighted by Crippen LogP contribution is 2.29. The van der Waals surface area contributed by atoms with Gasteiger partial charge in [0.15, 0.2) is 11.6 Å². The van der Waals surface area contributed by atoms with Crippen molar-refractivity contribution >= 4 is 5.91 Å². The third-order valence-electron chi connectivity index (χ3n) is 4.61. The summed E-state index contributed by atoms with van der Waals surface area (Å²) in [6.07, 6.45) is 4.92. The Morgan fingerprint density at radius 3 is 2.50 bits per heavy atom. The number of rotatable bonds is 3. The van der Waals surface area contributed by atoms with Crippen molar-refractivity contribution < 1.29 is 13.6 Å². The molecule has 0 unspecified atom stereocenters. The fraction of sp³-hybridized carbons (Fsp3) is 0.444. The molecule has 6 heteroatoms. The zero-order valence-electron chi connectivity index (χ0n) is 13.9. The number of nitrogens with zero attached hydrogens (tertiary/aromatic N) is 3. The Morgan fingerprint density at radius 2 is 1.92 bits per heavy atom. The van der Waals surface area contributed by atoms with E-state index in [2.05, 4.69) is 4.98 Å². The van der Waals surface area contributed by atoms with Gasteiger partial charge in [0.1, 0.15) is 5.69 Å². The van der Waals surface area contributed by atoms with E-state index in [9.17, 15) is 13.6 Å². The number of hydrogen-bond donors (Lipinski definition) is 0. The minimum absolute atomic E-state index is 0.0712. The fourth-order valence-electron chi connectivity index (χ4n) is 3.07. The van der Waals surface area contributed by atoms with E-state index in [0.29, 0.717) is 18.8 Å². The van der Waals surface area contributed by atoms with Crippen LogP contribution in [0.2, 0.25) is 0 Å². The summed E-state index contributed by atoms with van der Waals surface area (Å²) in [6, 6.07) is 4.33. The van der Waals surface area contributed by atoms with E-state index < -0.39 is 11.6 Å². The summed E-state index contributed by atoms with van der Waals surface area (Å²) in [6.45, 7) is 5.25. The first-order valence-electron chi connectivity index (χ1n) is 8.23. The zero-order chi connectivity index (χ0) is 17.3. The lowest BCUT2D eigenvalue weighted by atomic mass is 9.89. The molecule has 0 N–H and O–H groups in total. The molecule has 2 heterocycles. The maximum absolute atomic E-state index is 13.4. The number of hydrogen-bond acceptors (Lipinski definition) is 2. The number of piperidine rings is 1. The minimum atomic E-state index is -0.827. The molecular formula is C18H21F2N3O. The van der Waals surface area contributed by atoms with Crippen LogP contribution in [0.1, 0.15) is 54.7 Å². The first-order chi connectivity index (χ1) is 11.5. The average molecular weight is 333 g/mol. The normalized spacial score (nSPS) is 16.0. The number of halogens is 2. The van der Waals surface area contributed by atoms with E-state index in [-0.39, 0.29) is 17.9 Å². The fourth-order valence-corrected chi connectivity index (χ4v) is 3.07. The van der Waals surface area contributed by atoms with Crippen LogP contribution in [-0.4, -0.2) is 33.4 Å². The highest BCUT2D eigenvalue weighted by molar-refractivity contribution is 5.92. The van der Waals surface area contributed by atoms with E-state index >= 15 is 0 Å². The molecule has 128 valence electrons. The molecule has 1 aliphatic rings. The molecule has 0 radical (unpaired) electrons. The first kappa shape index (κ1) is 16.6. The summed E-state index contributed by atoms with van der Waals surface area (Å²) in [5, 5.41) is 0. The van der Waals surface area contributed by atoms with E-state index in [1.165, 1.54) is 12.1 Å². The maximum Gasteiger partial charge on any atom is 0.274 e. The van der Waals surface area contributed by atoms with Gasteiger partial charge in [-0.3, -0.25) is 4.79 Å². The van der Waals surface area contributed by atoms with Crippen LogP contribution in [0.25, 0.3) is 0 Å². The van der Waals surface area contributed by atoms with Crippen LogP contribution in [0, 0.1) is 11.6 Å². The first-order valence-corrected chi connectivity index (χ1v) is 8.23. The largest absolute Gasteiger partial charge is 0.337 e. The second-order valence-electron chi connectivity index (χ2n) is 6.54. The van der Waals surface area contributed by atoms with Gasteiger partial charge in [0, 0.05) is 25.3 Å². The van der Waals surface area contributed by atoms with Crippen molar-refractivity contribution in [2.45, 2.75) is 38.6 Å². The molecule has 1 amide bonds. The summed E-state index contributed by atoms with van der Waals surface area (Å²) in [7, 11) is 0. The van der Waals surface area contributed by atoms with Crippen LogP contribution < -0.4 is 0 Å². The lowest BCUT2D eigenvalue weighted by Crippen LogP contribution is -2.38. The Morgan fingerprint density at radius 1 is 1.21 bits per heavy atom. The van der Waals surface area contributed by atoms with E-state index in [1.807, 2.05) is 18.4 Å². The predicted molar refractivity (Wildman–Crippen MR) is 86.8 cm³/mol. The van der Waals surface area contributed by atoms with Crippen LogP contribution in [0.4, 0.5) is 8.78 Å². The van der Waals surface area contributed by atoms with Gasteiger partial charge in [-0.05, 0) is 50.3 Å². The number of aromatic nitrogens is 2. The Kier molecular flexibility index (Phi) is 4.64. The second kappa shape index (κ2) is 6.71. The smallest absolute Gasteiger partial charge is 0.274 e. The highest BCUT2D eigenvalue weighted by Gasteiger charge is 2.26. The molecule has 3 rings (SSSR count).